The van der Waals surface area contributed by atoms with Crippen molar-refractivity contribution >= 4 is 40.5 Å². The van der Waals surface area contributed by atoms with Crippen molar-refractivity contribution in [2.75, 3.05) is 29.9 Å². The van der Waals surface area contributed by atoms with E-state index in [1.165, 1.54) is 12.1 Å². The summed E-state index contributed by atoms with van der Waals surface area (Å²) in [5.74, 6) is 0.260. The molecule has 1 unspecified atom stereocenters. The zero-order valence-corrected chi connectivity index (χ0v) is 22.6. The van der Waals surface area contributed by atoms with Crippen molar-refractivity contribution < 1.29 is 18.0 Å². The quantitative estimate of drug-likeness (QED) is 0.290. The van der Waals surface area contributed by atoms with Gasteiger partial charge in [0, 0.05) is 53.7 Å². The molecule has 0 radical (unpaired) electrons. The van der Waals surface area contributed by atoms with Gasteiger partial charge in [0.1, 0.15) is 0 Å². The number of hydrogen-bond donors (Lipinski definition) is 2. The summed E-state index contributed by atoms with van der Waals surface area (Å²) in [7, 11) is 0. The summed E-state index contributed by atoms with van der Waals surface area (Å²) in [6.07, 6.45) is -1.61. The Labute approximate surface area is 239 Å². The number of carbonyl (C=O) groups excluding carboxylic acids is 1. The summed E-state index contributed by atoms with van der Waals surface area (Å²) in [6.45, 7) is 1.48. The predicted octanol–water partition coefficient (Wildman–Crippen LogP) is 6.43. The second kappa shape index (κ2) is 10.7. The van der Waals surface area contributed by atoms with Gasteiger partial charge in [-0.1, -0.05) is 23.7 Å². The highest BCUT2D eigenvalue weighted by atomic mass is 35.5. The van der Waals surface area contributed by atoms with Crippen LogP contribution in [0.2, 0.25) is 5.02 Å². The number of nitrogens with two attached hydrogens (primary N) is 1. The van der Waals surface area contributed by atoms with Gasteiger partial charge in [0.2, 0.25) is 5.95 Å². The summed E-state index contributed by atoms with van der Waals surface area (Å²) < 4.78 is 41.8. The second-order valence-corrected chi connectivity index (χ2v) is 10.6. The number of halogens is 4. The summed E-state index contributed by atoms with van der Waals surface area (Å²) in [6, 6.07) is 17.7. The summed E-state index contributed by atoms with van der Waals surface area (Å²) in [4.78, 5) is 25.4. The van der Waals surface area contributed by atoms with Crippen molar-refractivity contribution in [3.05, 3.63) is 94.6 Å². The van der Waals surface area contributed by atoms with Crippen LogP contribution in [0.15, 0.2) is 72.9 Å². The number of alkyl halides is 3. The van der Waals surface area contributed by atoms with E-state index in [-0.39, 0.29) is 24.2 Å². The third-order valence-corrected chi connectivity index (χ3v) is 7.61. The minimum Gasteiger partial charge on any atom is -0.340 e. The molecule has 0 bridgehead atoms. The lowest BCUT2D eigenvalue weighted by atomic mass is 10.0. The highest BCUT2D eigenvalue weighted by Crippen LogP contribution is 2.44. The molecule has 3 aromatic carbocycles. The molecule has 0 spiro atoms. The molecule has 11 heteroatoms. The number of carbonyl (C=O) groups is 1. The van der Waals surface area contributed by atoms with E-state index in [4.69, 9.17) is 22.3 Å². The second-order valence-electron chi connectivity index (χ2n) is 10.1. The Balaban J connectivity index is 1.31. The van der Waals surface area contributed by atoms with Crippen molar-refractivity contribution in [1.29, 1.82) is 0 Å². The Bertz CT molecular complexity index is 1610. The molecule has 6 rings (SSSR count). The first-order chi connectivity index (χ1) is 19.7. The molecule has 1 aromatic heterocycles. The third-order valence-electron chi connectivity index (χ3n) is 7.38. The molecule has 3 heterocycles. The van der Waals surface area contributed by atoms with Crippen LogP contribution in [0.5, 0.6) is 0 Å². The van der Waals surface area contributed by atoms with Gasteiger partial charge < -0.3 is 20.9 Å². The van der Waals surface area contributed by atoms with Gasteiger partial charge in [0.15, 0.2) is 0 Å². The standard InChI is InChI=1S/C30H26ClF3N6O/c31-20-7-10-23-26(15-20)40(25-4-2-1-3-24(25)30(32,33)34)14-11-19-16-36-29(38-27(19)23)37-22-8-5-18(6-9-22)28(41)39-13-12-21(35)17-39/h1-10,15-16,21H,11-14,17,35H2,(H,36,37,38). The molecular formula is C30H26ClF3N6O. The summed E-state index contributed by atoms with van der Waals surface area (Å²) in [5, 5.41) is 3.58. The Morgan fingerprint density at radius 3 is 2.54 bits per heavy atom. The average molecular weight is 579 g/mol. The van der Waals surface area contributed by atoms with Crippen LogP contribution in [-0.4, -0.2) is 46.5 Å². The number of aromatic nitrogens is 2. The molecule has 7 nitrogen and oxygen atoms in total. The van der Waals surface area contributed by atoms with Gasteiger partial charge in [-0.15, -0.1) is 0 Å². The van der Waals surface area contributed by atoms with Crippen LogP contribution >= 0.6 is 11.6 Å². The molecule has 2 aliphatic rings. The van der Waals surface area contributed by atoms with Crippen LogP contribution in [0.25, 0.3) is 11.3 Å². The van der Waals surface area contributed by atoms with Crippen LogP contribution in [0.3, 0.4) is 0 Å². The summed E-state index contributed by atoms with van der Waals surface area (Å²) in [5.41, 5.74) is 9.10. The number of nitrogens with one attached hydrogen (secondary N) is 1. The zero-order chi connectivity index (χ0) is 28.7. The van der Waals surface area contributed by atoms with Crippen LogP contribution < -0.4 is 16.0 Å². The normalized spacial score (nSPS) is 16.7. The van der Waals surface area contributed by atoms with Gasteiger partial charge in [0.05, 0.1) is 22.6 Å². The number of rotatable bonds is 4. The Morgan fingerprint density at radius 2 is 1.80 bits per heavy atom. The fourth-order valence-electron chi connectivity index (χ4n) is 5.34. The monoisotopic (exact) mass is 578 g/mol. The smallest absolute Gasteiger partial charge is 0.340 e. The molecule has 41 heavy (non-hydrogen) atoms. The average Bonchev–Trinajstić information content (AvgIpc) is 3.33. The lowest BCUT2D eigenvalue weighted by Crippen LogP contribution is -2.31. The van der Waals surface area contributed by atoms with Crippen LogP contribution in [0, 0.1) is 0 Å². The highest BCUT2D eigenvalue weighted by molar-refractivity contribution is 6.31. The first-order valence-corrected chi connectivity index (χ1v) is 13.6. The maximum Gasteiger partial charge on any atom is 0.418 e. The molecule has 1 fully saturated rings. The molecule has 4 aromatic rings. The van der Waals surface area contributed by atoms with Gasteiger partial charge in [-0.2, -0.15) is 13.2 Å². The summed E-state index contributed by atoms with van der Waals surface area (Å²) >= 11 is 6.33. The van der Waals surface area contributed by atoms with E-state index in [2.05, 4.69) is 10.3 Å². The fraction of sp³-hybridized carbons (Fsp3) is 0.233. The first kappa shape index (κ1) is 27.0. The number of nitrogens with zero attached hydrogens (tertiary/aromatic N) is 4. The molecule has 1 atom stereocenters. The number of anilines is 4. The van der Waals surface area contributed by atoms with Crippen molar-refractivity contribution in [3.63, 3.8) is 0 Å². The SMILES string of the molecule is NC1CCN(C(=O)c2ccc(Nc3ncc4c(n3)-c3ccc(Cl)cc3N(c3ccccc3C(F)(F)F)CC4)cc2)C1. The minimum atomic E-state index is -4.52. The Kier molecular flexibility index (Phi) is 7.04. The maximum absolute atomic E-state index is 13.9. The van der Waals surface area contributed by atoms with Crippen LogP contribution in [0.1, 0.15) is 27.9 Å². The number of amides is 1. The molecule has 1 amide bonds. The lowest BCUT2D eigenvalue weighted by Gasteiger charge is -2.28. The van der Waals surface area contributed by atoms with E-state index >= 15 is 0 Å². The van der Waals surface area contributed by atoms with Gasteiger partial charge in [-0.3, -0.25) is 4.79 Å². The molecule has 0 saturated carbocycles. The van der Waals surface area contributed by atoms with Gasteiger partial charge in [-0.25, -0.2) is 9.97 Å². The van der Waals surface area contributed by atoms with Gasteiger partial charge in [0.25, 0.3) is 5.91 Å². The molecule has 210 valence electrons. The number of para-hydroxylation sites is 1. The van der Waals surface area contributed by atoms with E-state index in [9.17, 15) is 18.0 Å². The topological polar surface area (TPSA) is 87.4 Å². The number of likely N-dealkylation sites (tertiary alicyclic amines) is 1. The molecule has 0 aliphatic carbocycles. The van der Waals surface area contributed by atoms with Crippen molar-refractivity contribution in [3.8, 4) is 11.3 Å². The number of hydrogen-bond acceptors (Lipinski definition) is 6. The van der Waals surface area contributed by atoms with E-state index < -0.39 is 11.7 Å². The van der Waals surface area contributed by atoms with Crippen molar-refractivity contribution in [2.24, 2.45) is 5.73 Å². The minimum absolute atomic E-state index is 0.0119. The molecule has 3 N–H and O–H groups in total. The van der Waals surface area contributed by atoms with Gasteiger partial charge >= 0.3 is 6.18 Å². The van der Waals surface area contributed by atoms with Gasteiger partial charge in [-0.05, 0) is 73.0 Å². The Hall–Kier alpha value is -4.15. The predicted molar refractivity (Wildman–Crippen MR) is 153 cm³/mol. The lowest BCUT2D eigenvalue weighted by molar-refractivity contribution is -0.137. The van der Waals surface area contributed by atoms with Crippen LogP contribution in [0.4, 0.5) is 36.2 Å². The van der Waals surface area contributed by atoms with E-state index in [0.717, 1.165) is 18.1 Å². The van der Waals surface area contributed by atoms with Crippen molar-refractivity contribution in [2.45, 2.75) is 25.1 Å². The largest absolute Gasteiger partial charge is 0.418 e. The first-order valence-electron chi connectivity index (χ1n) is 13.2. The van der Waals surface area contributed by atoms with E-state index in [1.54, 1.807) is 64.5 Å². The molecular weight excluding hydrogens is 553 g/mol. The zero-order valence-electron chi connectivity index (χ0n) is 21.8. The maximum atomic E-state index is 13.9. The van der Waals surface area contributed by atoms with Crippen molar-refractivity contribution in [1.82, 2.24) is 14.9 Å². The number of fused-ring (bicyclic) bond motifs is 3. The highest BCUT2D eigenvalue weighted by Gasteiger charge is 2.36. The molecule has 2 aliphatic heterocycles. The Morgan fingerprint density at radius 1 is 1.02 bits per heavy atom. The molecule has 1 saturated heterocycles. The third kappa shape index (κ3) is 5.45. The number of benzene rings is 3. The van der Waals surface area contributed by atoms with Crippen LogP contribution in [-0.2, 0) is 12.6 Å². The fourth-order valence-corrected chi connectivity index (χ4v) is 5.51. The van der Waals surface area contributed by atoms with E-state index in [0.29, 0.717) is 58.7 Å². The van der Waals surface area contributed by atoms with E-state index in [1.807, 2.05) is 0 Å².